The van der Waals surface area contributed by atoms with Crippen LogP contribution in [0.1, 0.15) is 33.0 Å². The number of benzene rings is 2. The summed E-state index contributed by atoms with van der Waals surface area (Å²) in [6.45, 7) is 1.93. The predicted octanol–water partition coefficient (Wildman–Crippen LogP) is 4.04. The second-order valence-electron chi connectivity index (χ2n) is 6.31. The average molecular weight is 418 g/mol. The van der Waals surface area contributed by atoms with Crippen LogP contribution in [0.2, 0.25) is 0 Å². The van der Waals surface area contributed by atoms with Gasteiger partial charge in [-0.3, -0.25) is 4.79 Å². The fourth-order valence-corrected chi connectivity index (χ4v) is 5.54. The molecule has 1 saturated heterocycles. The number of hydrogen-bond acceptors (Lipinski definition) is 6. The molecule has 0 radical (unpaired) electrons. The zero-order valence-electron chi connectivity index (χ0n) is 15.8. The van der Waals surface area contributed by atoms with Crippen molar-refractivity contribution in [3.05, 3.63) is 65.2 Å². The van der Waals surface area contributed by atoms with E-state index in [9.17, 15) is 9.59 Å². The summed E-state index contributed by atoms with van der Waals surface area (Å²) < 4.78 is 10.9. The third kappa shape index (κ3) is 5.45. The van der Waals surface area contributed by atoms with Crippen LogP contribution in [0.3, 0.4) is 0 Å². The number of amides is 1. The number of esters is 1. The first-order chi connectivity index (χ1) is 13.6. The van der Waals surface area contributed by atoms with Crippen molar-refractivity contribution in [1.29, 1.82) is 0 Å². The number of carbonyl (C=O) groups is 2. The van der Waals surface area contributed by atoms with Crippen LogP contribution >= 0.6 is 23.5 Å². The van der Waals surface area contributed by atoms with Crippen LogP contribution in [0.5, 0.6) is 5.75 Å². The molecule has 148 valence electrons. The molecule has 1 heterocycles. The molecule has 28 heavy (non-hydrogen) atoms. The first-order valence-corrected chi connectivity index (χ1v) is 11.1. The van der Waals surface area contributed by atoms with E-state index >= 15 is 0 Å². The fourth-order valence-electron chi connectivity index (χ4n) is 2.69. The van der Waals surface area contributed by atoms with E-state index < -0.39 is 12.1 Å². The molecule has 1 fully saturated rings. The molecule has 5 nitrogen and oxygen atoms in total. The maximum atomic E-state index is 12.3. The molecule has 3 rings (SSSR count). The standard InChI is InChI=1S/C21H23NO4S2/c1-14(19(23)22-13-15-3-9-18(25-2)10-4-15)26-20(24)16-5-7-17(8-6-16)21-27-11-12-28-21/h3-10,14,21H,11-13H2,1-2H3,(H,22,23)/t14-/m1/s1. The van der Waals surface area contributed by atoms with Gasteiger partial charge in [0.15, 0.2) is 6.10 Å². The van der Waals surface area contributed by atoms with E-state index in [1.165, 1.54) is 5.56 Å². The molecule has 1 atom stereocenters. The topological polar surface area (TPSA) is 64.6 Å². The summed E-state index contributed by atoms with van der Waals surface area (Å²) in [6, 6.07) is 14.9. The minimum absolute atomic E-state index is 0.334. The van der Waals surface area contributed by atoms with Gasteiger partial charge in [-0.05, 0) is 42.3 Å². The number of rotatable bonds is 7. The SMILES string of the molecule is COc1ccc(CNC(=O)[C@@H](C)OC(=O)c2ccc(C3SCCS3)cc2)cc1. The van der Waals surface area contributed by atoms with E-state index in [2.05, 4.69) is 5.32 Å². The smallest absolute Gasteiger partial charge is 0.338 e. The highest BCUT2D eigenvalue weighted by Gasteiger charge is 2.21. The van der Waals surface area contributed by atoms with Crippen molar-refractivity contribution in [3.63, 3.8) is 0 Å². The first-order valence-electron chi connectivity index (χ1n) is 9.01. The van der Waals surface area contributed by atoms with Crippen molar-refractivity contribution >= 4 is 35.4 Å². The van der Waals surface area contributed by atoms with Crippen LogP contribution in [0.25, 0.3) is 0 Å². The van der Waals surface area contributed by atoms with Crippen LogP contribution in [0, 0.1) is 0 Å². The number of carbonyl (C=O) groups excluding carboxylic acids is 2. The number of thioether (sulfide) groups is 2. The molecule has 1 aliphatic rings. The maximum Gasteiger partial charge on any atom is 0.338 e. The predicted molar refractivity (Wildman–Crippen MR) is 114 cm³/mol. The van der Waals surface area contributed by atoms with E-state index in [0.717, 1.165) is 22.8 Å². The molecule has 0 aliphatic carbocycles. The summed E-state index contributed by atoms with van der Waals surface area (Å²) in [7, 11) is 1.60. The Morgan fingerprint density at radius 2 is 1.71 bits per heavy atom. The molecule has 1 N–H and O–H groups in total. The van der Waals surface area contributed by atoms with Crippen LogP contribution in [0.15, 0.2) is 48.5 Å². The highest BCUT2D eigenvalue weighted by atomic mass is 32.2. The van der Waals surface area contributed by atoms with Gasteiger partial charge in [-0.2, -0.15) is 0 Å². The molecule has 0 unspecified atom stereocenters. The molecule has 1 aliphatic heterocycles. The largest absolute Gasteiger partial charge is 0.497 e. The molecule has 1 amide bonds. The van der Waals surface area contributed by atoms with Crippen LogP contribution in [-0.2, 0) is 16.1 Å². The lowest BCUT2D eigenvalue weighted by Crippen LogP contribution is -2.35. The van der Waals surface area contributed by atoms with Gasteiger partial charge < -0.3 is 14.8 Å². The normalized spacial score (nSPS) is 15.1. The van der Waals surface area contributed by atoms with Gasteiger partial charge in [0, 0.05) is 18.1 Å². The summed E-state index contributed by atoms with van der Waals surface area (Å²) >= 11 is 3.83. The highest BCUT2D eigenvalue weighted by Crippen LogP contribution is 2.45. The molecule has 2 aromatic carbocycles. The van der Waals surface area contributed by atoms with Gasteiger partial charge in [-0.1, -0.05) is 24.3 Å². The third-order valence-electron chi connectivity index (χ3n) is 4.32. The van der Waals surface area contributed by atoms with Crippen molar-refractivity contribution in [3.8, 4) is 5.75 Å². The molecule has 0 aromatic heterocycles. The van der Waals surface area contributed by atoms with Crippen LogP contribution in [-0.4, -0.2) is 36.6 Å². The lowest BCUT2D eigenvalue weighted by Gasteiger charge is -2.14. The zero-order valence-corrected chi connectivity index (χ0v) is 17.5. The van der Waals surface area contributed by atoms with Gasteiger partial charge in [0.2, 0.25) is 0 Å². The van der Waals surface area contributed by atoms with Crippen LogP contribution in [0.4, 0.5) is 0 Å². The van der Waals surface area contributed by atoms with Gasteiger partial charge >= 0.3 is 5.97 Å². The van der Waals surface area contributed by atoms with E-state index in [4.69, 9.17) is 9.47 Å². The summed E-state index contributed by atoms with van der Waals surface area (Å²) in [5.41, 5.74) is 2.59. The number of nitrogens with one attached hydrogen (secondary N) is 1. The Morgan fingerprint density at radius 3 is 2.32 bits per heavy atom. The van der Waals surface area contributed by atoms with E-state index in [1.807, 2.05) is 59.9 Å². The Hall–Kier alpha value is -2.12. The van der Waals surface area contributed by atoms with Crippen molar-refractivity contribution < 1.29 is 19.1 Å². The first kappa shape index (κ1) is 20.6. The summed E-state index contributed by atoms with van der Waals surface area (Å²) in [5, 5.41) is 2.78. The molecule has 0 saturated carbocycles. The molecular weight excluding hydrogens is 394 g/mol. The zero-order chi connectivity index (χ0) is 19.9. The Labute approximate surface area is 173 Å². The average Bonchev–Trinajstić information content (AvgIpc) is 3.27. The van der Waals surface area contributed by atoms with Crippen molar-refractivity contribution in [2.24, 2.45) is 0 Å². The summed E-state index contributed by atoms with van der Waals surface area (Å²) in [6.07, 6.45) is -0.869. The van der Waals surface area contributed by atoms with Gasteiger partial charge in [-0.25, -0.2) is 4.79 Å². The molecule has 0 bridgehead atoms. The third-order valence-corrected chi connectivity index (χ3v) is 7.42. The summed E-state index contributed by atoms with van der Waals surface area (Å²) in [5.74, 6) is 2.24. The maximum absolute atomic E-state index is 12.3. The minimum Gasteiger partial charge on any atom is -0.497 e. The number of ether oxygens (including phenoxy) is 2. The molecule has 7 heteroatoms. The molecular formula is C21H23NO4S2. The van der Waals surface area contributed by atoms with Crippen molar-refractivity contribution in [2.75, 3.05) is 18.6 Å². The van der Waals surface area contributed by atoms with Crippen LogP contribution < -0.4 is 10.1 Å². The Balaban J connectivity index is 1.49. The monoisotopic (exact) mass is 417 g/mol. The quantitative estimate of drug-likeness (QED) is 0.686. The minimum atomic E-state index is -0.869. The van der Waals surface area contributed by atoms with Gasteiger partial charge in [0.25, 0.3) is 5.91 Å². The second-order valence-corrected chi connectivity index (χ2v) is 9.03. The number of hydrogen-bond donors (Lipinski definition) is 1. The van der Waals surface area contributed by atoms with E-state index in [-0.39, 0.29) is 5.91 Å². The second kappa shape index (κ2) is 9.89. The van der Waals surface area contributed by atoms with Gasteiger partial charge in [-0.15, -0.1) is 23.5 Å². The van der Waals surface area contributed by atoms with Gasteiger partial charge in [0.1, 0.15) is 5.75 Å². The lowest BCUT2D eigenvalue weighted by molar-refractivity contribution is -0.129. The van der Waals surface area contributed by atoms with Crippen molar-refractivity contribution in [2.45, 2.75) is 24.2 Å². The Bertz CT molecular complexity index is 802. The summed E-state index contributed by atoms with van der Waals surface area (Å²) in [4.78, 5) is 24.5. The lowest BCUT2D eigenvalue weighted by atomic mass is 10.1. The van der Waals surface area contributed by atoms with E-state index in [0.29, 0.717) is 16.7 Å². The Morgan fingerprint density at radius 1 is 1.07 bits per heavy atom. The fraction of sp³-hybridized carbons (Fsp3) is 0.333. The number of methoxy groups -OCH3 is 1. The van der Waals surface area contributed by atoms with Gasteiger partial charge in [0.05, 0.1) is 17.3 Å². The van der Waals surface area contributed by atoms with Crippen molar-refractivity contribution in [1.82, 2.24) is 5.32 Å². The molecule has 2 aromatic rings. The van der Waals surface area contributed by atoms with E-state index in [1.54, 1.807) is 26.2 Å². The highest BCUT2D eigenvalue weighted by molar-refractivity contribution is 8.19. The molecule has 0 spiro atoms. The Kier molecular flexibility index (Phi) is 7.28.